The van der Waals surface area contributed by atoms with Crippen LogP contribution in [-0.4, -0.2) is 34.2 Å². The third-order valence-electron chi connectivity index (χ3n) is 4.79. The average molecular weight is 426 g/mol. The Hall–Kier alpha value is -2.38. The standard InChI is InChI=1S/C22H23N3O2S2/c1-3-5-14-25-20(27)19(29-22(25)23-15-10-12-16(26)13-11-15)21-24(4-2)17-8-6-7-9-18(17)28-21/h6-13,26H,3-5,14H2,1-2H3. The monoisotopic (exact) mass is 425 g/mol. The second-order valence-electron chi connectivity index (χ2n) is 6.77. The van der Waals surface area contributed by atoms with Crippen molar-refractivity contribution in [2.45, 2.75) is 31.6 Å². The fourth-order valence-electron chi connectivity index (χ4n) is 3.29. The van der Waals surface area contributed by atoms with Crippen LogP contribution in [0.25, 0.3) is 0 Å². The van der Waals surface area contributed by atoms with Gasteiger partial charge in [-0.2, -0.15) is 0 Å². The number of carbonyl (C=O) groups is 1. The fraction of sp³-hybridized carbons (Fsp3) is 0.273. The minimum Gasteiger partial charge on any atom is -0.508 e. The number of thioether (sulfide) groups is 2. The normalized spacial score (nSPS) is 20.1. The van der Waals surface area contributed by atoms with E-state index in [1.165, 1.54) is 16.7 Å². The van der Waals surface area contributed by atoms with Crippen LogP contribution in [0.2, 0.25) is 0 Å². The Kier molecular flexibility index (Phi) is 5.87. The number of benzene rings is 2. The molecule has 0 aromatic heterocycles. The van der Waals surface area contributed by atoms with Crippen LogP contribution < -0.4 is 4.90 Å². The second-order valence-corrected chi connectivity index (χ2v) is 8.78. The van der Waals surface area contributed by atoms with Gasteiger partial charge in [0, 0.05) is 18.0 Å². The highest BCUT2D eigenvalue weighted by Gasteiger charge is 2.39. The Bertz CT molecular complexity index is 986. The predicted molar refractivity (Wildman–Crippen MR) is 122 cm³/mol. The molecule has 5 nitrogen and oxygen atoms in total. The first kappa shape index (κ1) is 19.9. The van der Waals surface area contributed by atoms with Crippen molar-refractivity contribution >= 4 is 46.0 Å². The number of amidine groups is 1. The van der Waals surface area contributed by atoms with E-state index in [0.717, 1.165) is 40.7 Å². The number of carbonyl (C=O) groups excluding carboxylic acids is 1. The molecule has 0 bridgehead atoms. The van der Waals surface area contributed by atoms with Gasteiger partial charge in [0.15, 0.2) is 5.17 Å². The molecule has 0 spiro atoms. The van der Waals surface area contributed by atoms with Gasteiger partial charge in [0.2, 0.25) is 0 Å². The number of nitrogens with zero attached hydrogens (tertiary/aromatic N) is 3. The van der Waals surface area contributed by atoms with E-state index >= 15 is 0 Å². The number of hydrogen-bond acceptors (Lipinski definition) is 6. The van der Waals surface area contributed by atoms with E-state index in [-0.39, 0.29) is 11.7 Å². The zero-order valence-electron chi connectivity index (χ0n) is 16.5. The number of phenolic OH excluding ortho intramolecular Hbond substituents is 1. The number of fused-ring (bicyclic) bond motifs is 1. The van der Waals surface area contributed by atoms with Gasteiger partial charge in [-0.25, -0.2) is 4.99 Å². The van der Waals surface area contributed by atoms with Gasteiger partial charge in [-0.15, -0.1) is 0 Å². The topological polar surface area (TPSA) is 56.1 Å². The summed E-state index contributed by atoms with van der Waals surface area (Å²) in [5, 5.41) is 11.2. The van der Waals surface area contributed by atoms with Crippen LogP contribution in [0.1, 0.15) is 26.7 Å². The molecule has 1 N–H and O–H groups in total. The molecular weight excluding hydrogens is 402 g/mol. The molecule has 1 amide bonds. The third kappa shape index (κ3) is 3.89. The van der Waals surface area contributed by atoms with E-state index in [1.54, 1.807) is 40.9 Å². The zero-order chi connectivity index (χ0) is 20.4. The Morgan fingerprint density at radius 1 is 1.00 bits per heavy atom. The van der Waals surface area contributed by atoms with Crippen LogP contribution in [-0.2, 0) is 4.79 Å². The number of amides is 1. The van der Waals surface area contributed by atoms with Crippen molar-refractivity contribution in [3.05, 3.63) is 58.5 Å². The Balaban J connectivity index is 1.73. The lowest BCUT2D eigenvalue weighted by Crippen LogP contribution is -2.30. The molecule has 7 heteroatoms. The van der Waals surface area contributed by atoms with Gasteiger partial charge in [0.05, 0.1) is 11.4 Å². The van der Waals surface area contributed by atoms with Crippen molar-refractivity contribution in [3.8, 4) is 5.75 Å². The number of aliphatic imine (C=N–C) groups is 1. The lowest BCUT2D eigenvalue weighted by atomic mass is 10.3. The lowest BCUT2D eigenvalue weighted by Gasteiger charge is -2.19. The first-order valence-corrected chi connectivity index (χ1v) is 11.4. The van der Waals surface area contributed by atoms with Gasteiger partial charge in [0.25, 0.3) is 5.91 Å². The molecule has 2 aromatic rings. The Morgan fingerprint density at radius 3 is 2.48 bits per heavy atom. The molecule has 2 aliphatic rings. The number of aromatic hydroxyl groups is 1. The molecule has 2 aliphatic heterocycles. The van der Waals surface area contributed by atoms with Crippen LogP contribution >= 0.6 is 23.5 Å². The largest absolute Gasteiger partial charge is 0.508 e. The first-order valence-electron chi connectivity index (χ1n) is 9.78. The van der Waals surface area contributed by atoms with Crippen molar-refractivity contribution in [2.24, 2.45) is 4.99 Å². The summed E-state index contributed by atoms with van der Waals surface area (Å²) >= 11 is 3.10. The maximum Gasteiger partial charge on any atom is 0.269 e. The van der Waals surface area contributed by atoms with Crippen molar-refractivity contribution in [3.63, 3.8) is 0 Å². The summed E-state index contributed by atoms with van der Waals surface area (Å²) in [6.07, 6.45) is 1.93. The Morgan fingerprint density at radius 2 is 1.76 bits per heavy atom. The van der Waals surface area contributed by atoms with Gasteiger partial charge in [0.1, 0.15) is 15.7 Å². The van der Waals surface area contributed by atoms with Crippen LogP contribution in [0.4, 0.5) is 11.4 Å². The maximum absolute atomic E-state index is 13.4. The highest BCUT2D eigenvalue weighted by atomic mass is 32.2. The minimum absolute atomic E-state index is 0.0229. The molecule has 0 radical (unpaired) electrons. The van der Waals surface area contributed by atoms with Crippen LogP contribution in [0, 0.1) is 0 Å². The van der Waals surface area contributed by atoms with E-state index in [9.17, 15) is 9.90 Å². The maximum atomic E-state index is 13.4. The molecule has 4 rings (SSSR count). The van der Waals surface area contributed by atoms with Crippen molar-refractivity contribution in [2.75, 3.05) is 18.0 Å². The van der Waals surface area contributed by atoms with E-state index in [1.807, 2.05) is 12.1 Å². The predicted octanol–water partition coefficient (Wildman–Crippen LogP) is 5.56. The van der Waals surface area contributed by atoms with Crippen LogP contribution in [0.5, 0.6) is 5.75 Å². The van der Waals surface area contributed by atoms with E-state index in [2.05, 4.69) is 30.9 Å². The lowest BCUT2D eigenvalue weighted by molar-refractivity contribution is -0.122. The summed E-state index contributed by atoms with van der Waals surface area (Å²) in [4.78, 5) is 24.0. The fourth-order valence-corrected chi connectivity index (χ4v) is 5.71. The SMILES string of the molecule is CCCCN1C(=O)C(=C2Sc3ccccc3N2CC)SC1=Nc1ccc(O)cc1. The number of anilines is 1. The summed E-state index contributed by atoms with van der Waals surface area (Å²) in [5.41, 5.74) is 1.88. The molecule has 0 aliphatic carbocycles. The summed E-state index contributed by atoms with van der Waals surface area (Å²) in [5.74, 6) is 0.225. The van der Waals surface area contributed by atoms with E-state index < -0.39 is 0 Å². The summed E-state index contributed by atoms with van der Waals surface area (Å²) < 4.78 is 0. The van der Waals surface area contributed by atoms with Crippen molar-refractivity contribution in [1.82, 2.24) is 4.90 Å². The number of phenols is 1. The van der Waals surface area contributed by atoms with Crippen LogP contribution in [0.3, 0.4) is 0 Å². The Labute approximate surface area is 179 Å². The number of para-hydroxylation sites is 1. The smallest absolute Gasteiger partial charge is 0.269 e. The highest BCUT2D eigenvalue weighted by molar-refractivity contribution is 8.19. The van der Waals surface area contributed by atoms with Crippen molar-refractivity contribution in [1.29, 1.82) is 0 Å². The van der Waals surface area contributed by atoms with Gasteiger partial charge < -0.3 is 10.0 Å². The molecule has 0 unspecified atom stereocenters. The highest BCUT2D eigenvalue weighted by Crippen LogP contribution is 2.50. The molecule has 2 aromatic carbocycles. The first-order chi connectivity index (χ1) is 14.1. The molecule has 0 saturated carbocycles. The number of hydrogen-bond donors (Lipinski definition) is 1. The number of rotatable bonds is 5. The molecule has 2 heterocycles. The summed E-state index contributed by atoms with van der Waals surface area (Å²) in [6.45, 7) is 5.68. The second kappa shape index (κ2) is 8.55. The molecule has 0 atom stereocenters. The average Bonchev–Trinajstić information content (AvgIpc) is 3.25. The quantitative estimate of drug-likeness (QED) is 0.636. The molecule has 29 heavy (non-hydrogen) atoms. The number of unbranched alkanes of at least 4 members (excludes halogenated alkanes) is 1. The van der Waals surface area contributed by atoms with E-state index in [0.29, 0.717) is 11.7 Å². The van der Waals surface area contributed by atoms with Gasteiger partial charge >= 0.3 is 0 Å². The van der Waals surface area contributed by atoms with Gasteiger partial charge in [-0.3, -0.25) is 9.69 Å². The molecule has 1 saturated heterocycles. The molecule has 150 valence electrons. The van der Waals surface area contributed by atoms with E-state index in [4.69, 9.17) is 4.99 Å². The van der Waals surface area contributed by atoms with Gasteiger partial charge in [-0.1, -0.05) is 37.2 Å². The molecular formula is C22H23N3O2S2. The zero-order valence-corrected chi connectivity index (χ0v) is 18.1. The molecule has 1 fully saturated rings. The van der Waals surface area contributed by atoms with Gasteiger partial charge in [-0.05, 0) is 61.5 Å². The summed E-state index contributed by atoms with van der Waals surface area (Å²) in [6, 6.07) is 15.0. The van der Waals surface area contributed by atoms with Crippen molar-refractivity contribution < 1.29 is 9.90 Å². The van der Waals surface area contributed by atoms with Crippen LogP contribution in [0.15, 0.2) is 68.4 Å². The summed E-state index contributed by atoms with van der Waals surface area (Å²) in [7, 11) is 0. The third-order valence-corrected chi connectivity index (χ3v) is 7.17. The minimum atomic E-state index is 0.0229.